The van der Waals surface area contributed by atoms with Crippen molar-refractivity contribution in [3.63, 3.8) is 0 Å². The molecular formula is C41H58BClCs2N12O5. The van der Waals surface area contributed by atoms with Crippen LogP contribution in [0.3, 0.4) is 0 Å². The first-order chi connectivity index (χ1) is 28.2. The van der Waals surface area contributed by atoms with Crippen molar-refractivity contribution < 1.29 is 163 Å². The second kappa shape index (κ2) is 25.6. The fourth-order valence-corrected chi connectivity index (χ4v) is 6.56. The molecule has 0 unspecified atom stereocenters. The minimum atomic E-state index is -0.313. The summed E-state index contributed by atoms with van der Waals surface area (Å²) in [5.41, 5.74) is 6.44. The molecule has 6 aromatic heterocycles. The number of hydrogen-bond donors (Lipinski definition) is 0. The molecule has 0 saturated carbocycles. The molecule has 0 radical (unpaired) electrons. The van der Waals surface area contributed by atoms with E-state index in [0.29, 0.717) is 41.0 Å². The molecule has 0 spiro atoms. The number of halogens is 1. The quantitative estimate of drug-likeness (QED) is 0.0645. The standard InChI is InChI=1S/C17H22N6.C12H21BN2O2.C11H13ClN4.CH2O3.2Cs.H/c1-11(2)15-13(5)20-17(22-7-6-18-10-22)21-16(15)14-8-19-23(9-14)12(3)4;1-9(2)15-8-10(7-14-15)13-16-11(3,4)12(5,6)17-13;1-7(2)9-8(3)14-11(15-10(9)12)16-5-4-13-6-16;2-1-4-3;;;/h6-12H,1-5H3;7-9H,1-6H3;4-7H,1-3H3;1,3H;;;/q;;;;2*+1;-1/p-1. The summed E-state index contributed by atoms with van der Waals surface area (Å²) in [7, 11) is -0.313. The van der Waals surface area contributed by atoms with E-state index in [0.717, 1.165) is 39.2 Å². The van der Waals surface area contributed by atoms with Gasteiger partial charge in [-0.05, 0) is 81.1 Å². The van der Waals surface area contributed by atoms with Gasteiger partial charge >= 0.3 is 145 Å². The molecule has 7 rings (SSSR count). The average Bonchev–Trinajstić information content (AvgIpc) is 4.02. The Morgan fingerprint density at radius 1 is 0.742 bits per heavy atom. The molecule has 0 N–H and O–H groups in total. The molecule has 17 nitrogen and oxygen atoms in total. The van der Waals surface area contributed by atoms with Crippen molar-refractivity contribution in [1.82, 2.24) is 58.6 Å². The Labute approximate surface area is 489 Å². The van der Waals surface area contributed by atoms with Crippen molar-refractivity contribution >= 4 is 30.7 Å². The normalized spacial score (nSPS) is 13.6. The summed E-state index contributed by atoms with van der Waals surface area (Å²) in [6.07, 6.45) is 18.2. The fraction of sp³-hybridized carbons (Fsp3) is 0.488. The molecule has 7 heterocycles. The average molecular weight is 1110 g/mol. The van der Waals surface area contributed by atoms with Crippen molar-refractivity contribution in [2.45, 2.75) is 132 Å². The van der Waals surface area contributed by atoms with Gasteiger partial charge in [-0.1, -0.05) is 39.3 Å². The van der Waals surface area contributed by atoms with Gasteiger partial charge in [-0.15, -0.1) is 0 Å². The maximum atomic E-state index is 8.64. The Kier molecular flexibility index (Phi) is 23.6. The van der Waals surface area contributed by atoms with Crippen LogP contribution < -0.4 is 149 Å². The first-order valence-electron chi connectivity index (χ1n) is 19.8. The van der Waals surface area contributed by atoms with E-state index in [-0.39, 0.29) is 164 Å². The van der Waals surface area contributed by atoms with E-state index in [1.54, 1.807) is 35.8 Å². The maximum Gasteiger partial charge on any atom is 1.00 e. The minimum absolute atomic E-state index is 0. The molecule has 0 bridgehead atoms. The van der Waals surface area contributed by atoms with Gasteiger partial charge in [-0.2, -0.15) is 10.2 Å². The predicted molar refractivity (Wildman–Crippen MR) is 229 cm³/mol. The summed E-state index contributed by atoms with van der Waals surface area (Å²) in [5, 5.41) is 17.7. The second-order valence-corrected chi connectivity index (χ2v) is 16.7. The van der Waals surface area contributed by atoms with Crippen LogP contribution in [0.1, 0.15) is 131 Å². The van der Waals surface area contributed by atoms with Gasteiger partial charge < -0.3 is 20.9 Å². The van der Waals surface area contributed by atoms with Crippen molar-refractivity contribution in [3.05, 3.63) is 89.9 Å². The van der Waals surface area contributed by atoms with Gasteiger partial charge in [0.1, 0.15) is 17.8 Å². The summed E-state index contributed by atoms with van der Waals surface area (Å²) in [6, 6.07) is 0.675. The van der Waals surface area contributed by atoms with Crippen LogP contribution in [-0.4, -0.2) is 83.4 Å². The third kappa shape index (κ3) is 14.9. The molecule has 324 valence electrons. The Hall–Kier alpha value is -1.19. The van der Waals surface area contributed by atoms with Crippen molar-refractivity contribution in [2.75, 3.05) is 0 Å². The Bertz CT molecular complexity index is 2250. The predicted octanol–water partition coefficient (Wildman–Crippen LogP) is 0.604. The molecule has 1 saturated heterocycles. The van der Waals surface area contributed by atoms with Crippen LogP contribution in [0.5, 0.6) is 0 Å². The largest absolute Gasteiger partial charge is 1.00 e. The van der Waals surface area contributed by atoms with Gasteiger partial charge in [-0.3, -0.25) is 23.3 Å². The molecular weight excluding hydrogens is 1050 g/mol. The number of rotatable bonds is 9. The van der Waals surface area contributed by atoms with Gasteiger partial charge in [0.05, 0.1) is 23.1 Å². The SMILES string of the molecule is CC(C)n1cc(B2OC(C)(C)C(C)(C)O2)cn1.Cc1nc(-n2ccnc2)nc(-c2cnn(C(C)C)c2)c1C(C)C.Cc1nc(-n2ccnc2)nc(Cl)c1C(C)C.O=CO[O-].[Cs+].[Cs+].[H-]. The molecule has 62 heavy (non-hydrogen) atoms. The van der Waals surface area contributed by atoms with Gasteiger partial charge in [0.2, 0.25) is 11.9 Å². The van der Waals surface area contributed by atoms with Crippen LogP contribution in [-0.2, 0) is 19.0 Å². The van der Waals surface area contributed by atoms with E-state index >= 15 is 0 Å². The zero-order valence-electron chi connectivity index (χ0n) is 40.0. The Morgan fingerprint density at radius 3 is 1.58 bits per heavy atom. The van der Waals surface area contributed by atoms with E-state index in [1.807, 2.05) is 52.6 Å². The summed E-state index contributed by atoms with van der Waals surface area (Å²) in [6.45, 7) is 28.9. The number of aryl methyl sites for hydroxylation is 2. The van der Waals surface area contributed by atoms with E-state index in [4.69, 9.17) is 35.9 Å². The third-order valence-corrected chi connectivity index (χ3v) is 10.2. The van der Waals surface area contributed by atoms with Gasteiger partial charge in [-0.25, -0.2) is 29.9 Å². The van der Waals surface area contributed by atoms with E-state index in [2.05, 4.69) is 129 Å². The van der Waals surface area contributed by atoms with Crippen molar-refractivity contribution in [1.29, 1.82) is 0 Å². The fourth-order valence-electron chi connectivity index (χ4n) is 6.13. The first-order valence-corrected chi connectivity index (χ1v) is 20.1. The molecule has 0 atom stereocenters. The minimum Gasteiger partial charge on any atom is -1.00 e. The number of imidazole rings is 2. The van der Waals surface area contributed by atoms with E-state index in [9.17, 15) is 0 Å². The number of hydrogen-bond acceptors (Lipinski definition) is 13. The maximum absolute atomic E-state index is 8.64. The Morgan fingerprint density at radius 2 is 1.19 bits per heavy atom. The van der Waals surface area contributed by atoms with Crippen LogP contribution in [0.25, 0.3) is 23.2 Å². The molecule has 0 aliphatic carbocycles. The summed E-state index contributed by atoms with van der Waals surface area (Å²) >= 11 is 6.16. The van der Waals surface area contributed by atoms with Crippen LogP contribution in [0.4, 0.5) is 0 Å². The molecule has 6 aromatic rings. The zero-order chi connectivity index (χ0) is 44.5. The molecule has 21 heteroatoms. The van der Waals surface area contributed by atoms with E-state index < -0.39 is 0 Å². The molecule has 0 aromatic carbocycles. The summed E-state index contributed by atoms with van der Waals surface area (Å²) in [5.74, 6) is 1.86. The molecule has 1 aliphatic rings. The smallest absolute Gasteiger partial charge is 1.00 e. The summed E-state index contributed by atoms with van der Waals surface area (Å²) in [4.78, 5) is 37.4. The molecule has 1 aliphatic heterocycles. The van der Waals surface area contributed by atoms with Gasteiger partial charge in [0.15, 0.2) is 0 Å². The monoisotopic (exact) mass is 1110 g/mol. The van der Waals surface area contributed by atoms with Crippen molar-refractivity contribution in [2.24, 2.45) is 0 Å². The van der Waals surface area contributed by atoms with Crippen LogP contribution >= 0.6 is 11.6 Å². The molecule has 1 fully saturated rings. The number of carbonyl (C=O) groups is 1. The Balaban J connectivity index is 0.000000450. The number of nitrogens with zero attached hydrogens (tertiary/aromatic N) is 12. The van der Waals surface area contributed by atoms with E-state index in [1.165, 1.54) is 0 Å². The van der Waals surface area contributed by atoms with Crippen LogP contribution in [0.2, 0.25) is 5.15 Å². The van der Waals surface area contributed by atoms with Crippen LogP contribution in [0, 0.1) is 13.8 Å². The van der Waals surface area contributed by atoms with Crippen LogP contribution in [0.15, 0.2) is 62.2 Å². The number of carbonyl (C=O) groups excluding carboxylic acids is 1. The topological polar surface area (TPSA) is 191 Å². The second-order valence-electron chi connectivity index (χ2n) is 16.4. The summed E-state index contributed by atoms with van der Waals surface area (Å²) < 4.78 is 19.4. The van der Waals surface area contributed by atoms with Gasteiger partial charge in [0, 0.05) is 89.0 Å². The molecule has 0 amide bonds. The number of aromatic nitrogens is 12. The van der Waals surface area contributed by atoms with Crippen molar-refractivity contribution in [3.8, 4) is 23.2 Å². The third-order valence-electron chi connectivity index (χ3n) is 9.95. The first kappa shape index (κ1) is 56.9. The zero-order valence-corrected chi connectivity index (χ0v) is 52.3. The van der Waals surface area contributed by atoms with Gasteiger partial charge in [0.25, 0.3) is 6.47 Å².